The molecule has 7 nitrogen and oxygen atoms in total. The maximum absolute atomic E-state index is 9.10. The summed E-state index contributed by atoms with van der Waals surface area (Å²) in [6.07, 6.45) is 0. The van der Waals surface area contributed by atoms with E-state index in [0.717, 1.165) is 0 Å². The third kappa shape index (κ3) is 44.6. The number of hydrogen-bond donors (Lipinski definition) is 5. The summed E-state index contributed by atoms with van der Waals surface area (Å²) in [4.78, 5) is 18.2. The van der Waals surface area contributed by atoms with E-state index in [-0.39, 0.29) is 62.0 Å². The Morgan fingerprint density at radius 3 is 1.00 bits per heavy atom. The van der Waals surface area contributed by atoms with Gasteiger partial charge in [0.15, 0.2) is 0 Å². The molecular formula is C2H7BNa2O7. The minimum absolute atomic E-state index is 0. The Morgan fingerprint density at radius 1 is 0.917 bits per heavy atom. The first kappa shape index (κ1) is 23.1. The van der Waals surface area contributed by atoms with Crippen molar-refractivity contribution in [3.8, 4) is 0 Å². The first-order chi connectivity index (χ1) is 4.37. The van der Waals surface area contributed by atoms with Crippen molar-refractivity contribution >= 4 is 19.3 Å². The molecule has 62 valence electrons. The monoisotopic (exact) mass is 200 g/mol. The summed E-state index contributed by atoms with van der Waals surface area (Å²) in [5, 5.41) is 36.3. The van der Waals surface area contributed by atoms with Gasteiger partial charge in [0.2, 0.25) is 0 Å². The van der Waals surface area contributed by atoms with Crippen LogP contribution in [0.3, 0.4) is 0 Å². The Hall–Kier alpha value is 0.885. The predicted octanol–water partition coefficient (Wildman–Crippen LogP) is -8.66. The van der Waals surface area contributed by atoms with Gasteiger partial charge in [-0.1, -0.05) is 0 Å². The first-order valence-corrected chi connectivity index (χ1v) is 1.88. The SMILES string of the molecule is O=C(O)C(=O)O.OB(O)O.[H-].[H-].[Na+].[Na+]. The molecule has 0 aromatic heterocycles. The molecule has 0 aliphatic heterocycles. The summed E-state index contributed by atoms with van der Waals surface area (Å²) in [7, 11) is -2.17. The van der Waals surface area contributed by atoms with Gasteiger partial charge in [0, 0.05) is 0 Å². The summed E-state index contributed by atoms with van der Waals surface area (Å²) in [6.45, 7) is 0. The molecule has 0 aliphatic carbocycles. The first-order valence-electron chi connectivity index (χ1n) is 1.88. The van der Waals surface area contributed by atoms with Crippen LogP contribution in [0.25, 0.3) is 0 Å². The molecule has 0 spiro atoms. The molecule has 0 saturated carbocycles. The van der Waals surface area contributed by atoms with Crippen molar-refractivity contribution in [2.75, 3.05) is 0 Å². The fourth-order valence-electron chi connectivity index (χ4n) is 0. The normalized spacial score (nSPS) is 5.92. The second kappa shape index (κ2) is 14.4. The molecule has 0 amide bonds. The van der Waals surface area contributed by atoms with Crippen LogP contribution < -0.4 is 59.1 Å². The van der Waals surface area contributed by atoms with Crippen molar-refractivity contribution in [3.05, 3.63) is 0 Å². The molecular weight excluding hydrogens is 193 g/mol. The van der Waals surface area contributed by atoms with E-state index in [4.69, 9.17) is 34.9 Å². The molecule has 0 aliphatic rings. The molecule has 0 radical (unpaired) electrons. The molecule has 0 saturated heterocycles. The molecule has 0 rings (SSSR count). The van der Waals surface area contributed by atoms with Crippen LogP contribution in [0.2, 0.25) is 0 Å². The van der Waals surface area contributed by atoms with Crippen molar-refractivity contribution in [1.82, 2.24) is 0 Å². The number of aliphatic carboxylic acids is 2. The van der Waals surface area contributed by atoms with Crippen molar-refractivity contribution in [3.63, 3.8) is 0 Å². The van der Waals surface area contributed by atoms with E-state index in [1.165, 1.54) is 0 Å². The maximum Gasteiger partial charge on any atom is 1.00 e. The van der Waals surface area contributed by atoms with Gasteiger partial charge < -0.3 is 28.1 Å². The van der Waals surface area contributed by atoms with Crippen LogP contribution in [-0.2, 0) is 9.59 Å². The largest absolute Gasteiger partial charge is 1.00 e. The van der Waals surface area contributed by atoms with Crippen LogP contribution in [0.4, 0.5) is 0 Å². The fraction of sp³-hybridized carbons (Fsp3) is 0. The van der Waals surface area contributed by atoms with E-state index >= 15 is 0 Å². The second-order valence-corrected chi connectivity index (χ2v) is 0.957. The Balaban J connectivity index is -0.0000000185. The summed E-state index contributed by atoms with van der Waals surface area (Å²) < 4.78 is 0. The zero-order chi connectivity index (χ0) is 8.73. The van der Waals surface area contributed by atoms with Gasteiger partial charge in [0.05, 0.1) is 0 Å². The predicted molar refractivity (Wildman–Crippen MR) is 29.9 cm³/mol. The van der Waals surface area contributed by atoms with Gasteiger partial charge in [-0.3, -0.25) is 0 Å². The molecule has 0 atom stereocenters. The Bertz CT molecular complexity index is 120. The maximum atomic E-state index is 9.10. The number of hydrogen-bond acceptors (Lipinski definition) is 5. The fourth-order valence-corrected chi connectivity index (χ4v) is 0. The number of carboxylic acid groups (broad SMARTS) is 2. The number of rotatable bonds is 0. The van der Waals surface area contributed by atoms with Gasteiger partial charge in [-0.15, -0.1) is 0 Å². The van der Waals surface area contributed by atoms with Gasteiger partial charge in [-0.2, -0.15) is 0 Å². The minimum Gasteiger partial charge on any atom is -1.00 e. The van der Waals surface area contributed by atoms with E-state index in [0.29, 0.717) is 0 Å². The van der Waals surface area contributed by atoms with E-state index in [2.05, 4.69) is 0 Å². The molecule has 12 heavy (non-hydrogen) atoms. The molecule has 0 aromatic carbocycles. The van der Waals surface area contributed by atoms with Crippen molar-refractivity contribution in [2.45, 2.75) is 0 Å². The third-order valence-corrected chi connectivity index (χ3v) is 0.183. The van der Waals surface area contributed by atoms with Gasteiger partial charge in [-0.25, -0.2) is 9.59 Å². The summed E-state index contributed by atoms with van der Waals surface area (Å²) in [5.74, 6) is -3.65. The van der Waals surface area contributed by atoms with Gasteiger partial charge in [0.1, 0.15) is 0 Å². The standard InChI is InChI=1S/C2H2O4.BH3O3.2Na.2H/c3-1(4)2(5)6;2-1(3)4;;;;/h(H,3,4)(H,5,6);2-4H;;;;/q;;2*+1;2*-1. The summed E-state index contributed by atoms with van der Waals surface area (Å²) >= 11 is 0. The molecule has 0 unspecified atom stereocenters. The molecule has 5 N–H and O–H groups in total. The van der Waals surface area contributed by atoms with Gasteiger partial charge >= 0.3 is 78.4 Å². The van der Waals surface area contributed by atoms with E-state index < -0.39 is 19.3 Å². The third-order valence-electron chi connectivity index (χ3n) is 0.183. The quantitative estimate of drug-likeness (QED) is 0.193. The van der Waals surface area contributed by atoms with Crippen LogP contribution in [0, 0.1) is 0 Å². The van der Waals surface area contributed by atoms with Gasteiger partial charge in [-0.05, 0) is 0 Å². The summed E-state index contributed by atoms with van der Waals surface area (Å²) in [6, 6.07) is 0. The molecule has 0 bridgehead atoms. The van der Waals surface area contributed by atoms with Crippen molar-refractivity contribution < 1.29 is 96.8 Å². The Kier molecular flexibility index (Phi) is 27.7. The average molecular weight is 200 g/mol. The Labute approximate surface area is 115 Å². The van der Waals surface area contributed by atoms with E-state index in [1.54, 1.807) is 0 Å². The smallest absolute Gasteiger partial charge is 1.00 e. The van der Waals surface area contributed by atoms with Crippen molar-refractivity contribution in [1.29, 1.82) is 0 Å². The molecule has 10 heteroatoms. The minimum atomic E-state index is -2.17. The van der Waals surface area contributed by atoms with Gasteiger partial charge in [0.25, 0.3) is 0 Å². The summed E-state index contributed by atoms with van der Waals surface area (Å²) in [5.41, 5.74) is 0. The zero-order valence-electron chi connectivity index (χ0n) is 8.63. The zero-order valence-corrected chi connectivity index (χ0v) is 10.6. The average Bonchev–Trinajstić information content (AvgIpc) is 1.63. The number of carbonyl (C=O) groups is 2. The van der Waals surface area contributed by atoms with Crippen molar-refractivity contribution in [2.24, 2.45) is 0 Å². The van der Waals surface area contributed by atoms with Crippen LogP contribution in [0.1, 0.15) is 2.85 Å². The van der Waals surface area contributed by atoms with Crippen LogP contribution >= 0.6 is 0 Å². The van der Waals surface area contributed by atoms with Crippen LogP contribution in [-0.4, -0.2) is 44.5 Å². The number of carboxylic acids is 2. The van der Waals surface area contributed by atoms with Crippen LogP contribution in [0.5, 0.6) is 0 Å². The molecule has 0 fully saturated rings. The molecule has 0 aromatic rings. The van der Waals surface area contributed by atoms with Crippen LogP contribution in [0.15, 0.2) is 0 Å². The van der Waals surface area contributed by atoms with E-state index in [9.17, 15) is 0 Å². The molecule has 0 heterocycles. The topological polar surface area (TPSA) is 135 Å². The second-order valence-electron chi connectivity index (χ2n) is 0.957. The Morgan fingerprint density at radius 2 is 1.00 bits per heavy atom. The van der Waals surface area contributed by atoms with E-state index in [1.807, 2.05) is 0 Å².